The quantitative estimate of drug-likeness (QED) is 0.743. The second kappa shape index (κ2) is 7.31. The van der Waals surface area contributed by atoms with Crippen LogP contribution in [0.1, 0.15) is 56.3 Å². The summed E-state index contributed by atoms with van der Waals surface area (Å²) in [5, 5.41) is 9.50. The van der Waals surface area contributed by atoms with Crippen molar-refractivity contribution >= 4 is 17.7 Å². The Labute approximate surface area is 176 Å². The molecule has 0 radical (unpaired) electrons. The normalized spacial score (nSPS) is 43.1. The van der Waals surface area contributed by atoms with Crippen LogP contribution in [0.15, 0.2) is 16.7 Å². The highest BCUT2D eigenvalue weighted by Crippen LogP contribution is 2.70. The van der Waals surface area contributed by atoms with E-state index in [0.717, 1.165) is 44.3 Å². The van der Waals surface area contributed by atoms with Gasteiger partial charge in [-0.2, -0.15) is 0 Å². The van der Waals surface area contributed by atoms with E-state index >= 15 is 0 Å². The molecule has 0 spiro atoms. The Bertz CT molecular complexity index is 777. The first-order valence-corrected chi connectivity index (χ1v) is 12.1. The number of rotatable bonds is 4. The highest BCUT2D eigenvalue weighted by Gasteiger charge is 2.69. The molecule has 5 rings (SSSR count). The van der Waals surface area contributed by atoms with Crippen LogP contribution < -0.4 is 0 Å². The van der Waals surface area contributed by atoms with Gasteiger partial charge in [0.25, 0.3) is 0 Å². The minimum absolute atomic E-state index is 0.0224. The predicted molar refractivity (Wildman–Crippen MR) is 111 cm³/mol. The SMILES string of the molecule is COC(=O)[C@]12CCCC3([C@H]1CC[C@H]1[C@@H](C)c4ccoc4C[C@@H]13)[C@H](SCCO)OC2. The van der Waals surface area contributed by atoms with Crippen molar-refractivity contribution in [2.24, 2.45) is 28.6 Å². The lowest BCUT2D eigenvalue weighted by molar-refractivity contribution is -0.242. The third kappa shape index (κ3) is 2.64. The van der Waals surface area contributed by atoms with Crippen LogP contribution in [-0.2, 0) is 20.7 Å². The monoisotopic (exact) mass is 420 g/mol. The number of methoxy groups -OCH3 is 1. The number of thioether (sulfide) groups is 1. The molecule has 0 amide bonds. The van der Waals surface area contributed by atoms with Gasteiger partial charge in [0.05, 0.1) is 32.0 Å². The van der Waals surface area contributed by atoms with Gasteiger partial charge >= 0.3 is 5.97 Å². The Hall–Kier alpha value is -0.980. The van der Waals surface area contributed by atoms with Crippen LogP contribution in [-0.4, -0.2) is 42.6 Å². The van der Waals surface area contributed by atoms with Crippen molar-refractivity contribution in [1.82, 2.24) is 0 Å². The molecule has 160 valence electrons. The Kier molecular flexibility index (Phi) is 5.03. The van der Waals surface area contributed by atoms with Crippen LogP contribution in [0.5, 0.6) is 0 Å². The minimum Gasteiger partial charge on any atom is -0.469 e. The van der Waals surface area contributed by atoms with E-state index in [4.69, 9.17) is 13.9 Å². The van der Waals surface area contributed by atoms with E-state index < -0.39 is 5.41 Å². The Morgan fingerprint density at radius 3 is 3.03 bits per heavy atom. The summed E-state index contributed by atoms with van der Waals surface area (Å²) in [5.41, 5.74) is 0.814. The summed E-state index contributed by atoms with van der Waals surface area (Å²) in [5.74, 6) is 3.49. The number of esters is 1. The number of hydrogen-bond donors (Lipinski definition) is 1. The van der Waals surface area contributed by atoms with Crippen molar-refractivity contribution in [2.75, 3.05) is 26.1 Å². The maximum atomic E-state index is 13.1. The van der Waals surface area contributed by atoms with Crippen molar-refractivity contribution in [2.45, 2.75) is 56.8 Å². The molecular weight excluding hydrogens is 388 g/mol. The summed E-state index contributed by atoms with van der Waals surface area (Å²) in [6.07, 6.45) is 7.97. The van der Waals surface area contributed by atoms with Gasteiger partial charge in [0.2, 0.25) is 0 Å². The van der Waals surface area contributed by atoms with E-state index in [1.165, 1.54) is 12.7 Å². The Morgan fingerprint density at radius 2 is 2.24 bits per heavy atom. The van der Waals surface area contributed by atoms with Gasteiger partial charge in [-0.25, -0.2) is 0 Å². The maximum Gasteiger partial charge on any atom is 0.314 e. The molecule has 29 heavy (non-hydrogen) atoms. The number of fused-ring (bicyclic) bond motifs is 2. The summed E-state index contributed by atoms with van der Waals surface area (Å²) in [7, 11) is 1.52. The lowest BCUT2D eigenvalue weighted by Gasteiger charge is -2.67. The topological polar surface area (TPSA) is 68.9 Å². The number of furan rings is 1. The van der Waals surface area contributed by atoms with Crippen LogP contribution in [0.2, 0.25) is 0 Å². The van der Waals surface area contributed by atoms with E-state index in [1.54, 1.807) is 11.8 Å². The lowest BCUT2D eigenvalue weighted by atomic mass is 9.42. The highest BCUT2D eigenvalue weighted by molar-refractivity contribution is 7.99. The Balaban J connectivity index is 1.61. The molecular formula is C23H32O5S. The molecule has 5 nitrogen and oxygen atoms in total. The third-order valence-electron chi connectivity index (χ3n) is 8.75. The average molecular weight is 421 g/mol. The lowest BCUT2D eigenvalue weighted by Crippen LogP contribution is -2.67. The zero-order chi connectivity index (χ0) is 20.2. The van der Waals surface area contributed by atoms with Crippen molar-refractivity contribution in [3.63, 3.8) is 0 Å². The largest absolute Gasteiger partial charge is 0.469 e. The van der Waals surface area contributed by atoms with Gasteiger partial charge in [0.1, 0.15) is 11.2 Å². The maximum absolute atomic E-state index is 13.1. The standard InChI is InChI=1S/C23H32O5S/c1-14-15-4-5-19-22(20(25)26-2)7-3-8-23(19,21(28-13-22)29-11-9-24)17(15)12-18-16(14)6-10-27-18/h6,10,14-15,17,19,21,24H,3-5,7-9,11-13H2,1-2H3/t14-,15+,17+,19+,21+,22+,23?/m1/s1. The number of carbonyl (C=O) groups is 1. The summed E-state index contributed by atoms with van der Waals surface area (Å²) in [6, 6.07) is 2.15. The number of aliphatic hydroxyl groups excluding tert-OH is 1. The molecule has 6 heteroatoms. The fraction of sp³-hybridized carbons (Fsp3) is 0.783. The van der Waals surface area contributed by atoms with E-state index in [0.29, 0.717) is 30.1 Å². The zero-order valence-corrected chi connectivity index (χ0v) is 18.2. The molecule has 4 aliphatic rings. The minimum atomic E-state index is -0.513. The number of carbonyl (C=O) groups excluding carboxylic acids is 1. The molecule has 1 aliphatic heterocycles. The molecule has 3 aliphatic carbocycles. The molecule has 3 fully saturated rings. The molecule has 7 atom stereocenters. The molecule has 2 saturated carbocycles. The molecule has 1 saturated heterocycles. The fourth-order valence-electron chi connectivity index (χ4n) is 7.69. The van der Waals surface area contributed by atoms with Gasteiger partial charge in [-0.15, -0.1) is 11.8 Å². The van der Waals surface area contributed by atoms with Crippen LogP contribution in [0.25, 0.3) is 0 Å². The van der Waals surface area contributed by atoms with E-state index in [-0.39, 0.29) is 29.3 Å². The van der Waals surface area contributed by atoms with Crippen molar-refractivity contribution in [3.8, 4) is 0 Å². The van der Waals surface area contributed by atoms with Gasteiger partial charge in [0, 0.05) is 17.6 Å². The molecule has 2 bridgehead atoms. The van der Waals surface area contributed by atoms with Gasteiger partial charge in [-0.1, -0.05) is 13.3 Å². The number of hydrogen-bond acceptors (Lipinski definition) is 6. The summed E-state index contributed by atoms with van der Waals surface area (Å²) in [4.78, 5) is 13.1. The second-order valence-electron chi connectivity index (χ2n) is 9.54. The van der Waals surface area contributed by atoms with Gasteiger partial charge in [0.15, 0.2) is 0 Å². The molecule has 1 unspecified atom stereocenters. The fourth-order valence-corrected chi connectivity index (χ4v) is 8.94. The Morgan fingerprint density at radius 1 is 1.38 bits per heavy atom. The molecule has 1 aromatic heterocycles. The molecule has 1 aromatic rings. The highest BCUT2D eigenvalue weighted by atomic mass is 32.2. The van der Waals surface area contributed by atoms with Crippen LogP contribution in [0.3, 0.4) is 0 Å². The van der Waals surface area contributed by atoms with Gasteiger partial charge in [-0.3, -0.25) is 4.79 Å². The first kappa shape index (κ1) is 20.0. The summed E-state index contributed by atoms with van der Waals surface area (Å²) < 4.78 is 17.8. The summed E-state index contributed by atoms with van der Waals surface area (Å²) in [6.45, 7) is 2.95. The van der Waals surface area contributed by atoms with E-state index in [1.807, 2.05) is 6.26 Å². The number of aliphatic hydroxyl groups is 1. The van der Waals surface area contributed by atoms with E-state index in [9.17, 15) is 9.90 Å². The van der Waals surface area contributed by atoms with E-state index in [2.05, 4.69) is 13.0 Å². The average Bonchev–Trinajstić information content (AvgIpc) is 3.21. The molecule has 0 aromatic carbocycles. The van der Waals surface area contributed by atoms with Gasteiger partial charge < -0.3 is 19.0 Å². The first-order valence-electron chi connectivity index (χ1n) is 11.1. The molecule has 1 N–H and O–H groups in total. The van der Waals surface area contributed by atoms with Gasteiger partial charge in [-0.05, 0) is 61.0 Å². The van der Waals surface area contributed by atoms with Crippen molar-refractivity contribution < 1.29 is 23.8 Å². The van der Waals surface area contributed by atoms with Crippen molar-refractivity contribution in [1.29, 1.82) is 0 Å². The smallest absolute Gasteiger partial charge is 0.314 e. The van der Waals surface area contributed by atoms with Crippen LogP contribution >= 0.6 is 11.8 Å². The predicted octanol–water partition coefficient (Wildman–Crippen LogP) is 3.99. The zero-order valence-electron chi connectivity index (χ0n) is 17.4. The second-order valence-corrected chi connectivity index (χ2v) is 10.7. The summed E-state index contributed by atoms with van der Waals surface area (Å²) >= 11 is 1.75. The third-order valence-corrected chi connectivity index (χ3v) is 10.0. The van der Waals surface area contributed by atoms with Crippen molar-refractivity contribution in [3.05, 3.63) is 23.7 Å². The first-order chi connectivity index (χ1) is 14.1. The van der Waals surface area contributed by atoms with Crippen LogP contribution in [0.4, 0.5) is 0 Å². The molecule has 2 heterocycles. The van der Waals surface area contributed by atoms with Crippen LogP contribution in [0, 0.1) is 28.6 Å². The number of ether oxygens (including phenoxy) is 2.